The Labute approximate surface area is 229 Å². The van der Waals surface area contributed by atoms with Crippen LogP contribution in [0.5, 0.6) is 0 Å². The molecule has 4 N–H and O–H groups in total. The third-order valence-corrected chi connectivity index (χ3v) is 7.33. The van der Waals surface area contributed by atoms with Gasteiger partial charge in [-0.3, -0.25) is 24.7 Å². The van der Waals surface area contributed by atoms with E-state index in [-0.39, 0.29) is 36.3 Å². The van der Waals surface area contributed by atoms with Gasteiger partial charge in [-0.1, -0.05) is 17.3 Å². The lowest BCUT2D eigenvalue weighted by Crippen LogP contribution is -2.56. The topological polar surface area (TPSA) is 167 Å². The van der Waals surface area contributed by atoms with Crippen LogP contribution in [0.25, 0.3) is 0 Å². The first kappa shape index (κ1) is 27.3. The zero-order chi connectivity index (χ0) is 28.4. The van der Waals surface area contributed by atoms with Gasteiger partial charge in [-0.25, -0.2) is 9.18 Å². The lowest BCUT2D eigenvalue weighted by atomic mass is 9.89. The van der Waals surface area contributed by atoms with Crippen molar-refractivity contribution < 1.29 is 32.8 Å². The zero-order valence-corrected chi connectivity index (χ0v) is 21.9. The van der Waals surface area contributed by atoms with Crippen molar-refractivity contribution in [2.45, 2.75) is 69.7 Å². The standard InChI is InChI=1S/C27H31FN6O6/c1-14-11-21(33-40-14)26(37)32-20(12-15-4-6-17(28)7-5-15)25(36)31-19(13-16-3-2-10-30-24(16)35)22-23(29)34(18-8-9-18)27(38)39-22/h4-7,11,16,18-20,22,29H,2-3,8-10,12-13H2,1H3,(H,30,35)(H,31,36)(H,32,37)/t16-,19-,20-,22+/m0/s1. The molecule has 0 spiro atoms. The molecule has 1 aromatic carbocycles. The molecule has 13 heteroatoms. The summed E-state index contributed by atoms with van der Waals surface area (Å²) in [5.74, 6) is -1.99. The smallest absolute Gasteiger partial charge is 0.416 e. The van der Waals surface area contributed by atoms with E-state index < -0.39 is 47.8 Å². The molecule has 0 unspecified atom stereocenters. The highest BCUT2D eigenvalue weighted by atomic mass is 19.1. The highest BCUT2D eigenvalue weighted by Gasteiger charge is 2.49. The normalized spacial score (nSPS) is 22.4. The second kappa shape index (κ2) is 11.4. The van der Waals surface area contributed by atoms with Gasteiger partial charge in [0.2, 0.25) is 11.8 Å². The molecule has 1 saturated carbocycles. The Balaban J connectivity index is 1.38. The fraction of sp³-hybridized carbons (Fsp3) is 0.481. The number of carbonyl (C=O) groups is 4. The maximum atomic E-state index is 13.7. The summed E-state index contributed by atoms with van der Waals surface area (Å²) >= 11 is 0. The Hall–Kier alpha value is -4.29. The van der Waals surface area contributed by atoms with E-state index in [1.165, 1.54) is 35.2 Å². The van der Waals surface area contributed by atoms with Crippen molar-refractivity contribution >= 4 is 29.7 Å². The van der Waals surface area contributed by atoms with Crippen LogP contribution in [-0.4, -0.2) is 70.5 Å². The van der Waals surface area contributed by atoms with Crippen molar-refractivity contribution in [3.63, 3.8) is 0 Å². The minimum Gasteiger partial charge on any atom is -0.435 e. The third kappa shape index (κ3) is 6.13. The van der Waals surface area contributed by atoms with E-state index in [0.29, 0.717) is 24.3 Å². The first-order chi connectivity index (χ1) is 19.2. The fourth-order valence-electron chi connectivity index (χ4n) is 5.09. The van der Waals surface area contributed by atoms with Gasteiger partial charge in [-0.15, -0.1) is 0 Å². The summed E-state index contributed by atoms with van der Waals surface area (Å²) in [4.78, 5) is 53.1. The molecule has 3 aliphatic rings. The first-order valence-corrected chi connectivity index (χ1v) is 13.3. The van der Waals surface area contributed by atoms with E-state index in [1.54, 1.807) is 6.92 Å². The number of benzene rings is 1. The number of nitrogens with one attached hydrogen (secondary N) is 4. The monoisotopic (exact) mass is 554 g/mol. The molecule has 40 heavy (non-hydrogen) atoms. The molecule has 3 fully saturated rings. The highest BCUT2D eigenvalue weighted by Crippen LogP contribution is 2.33. The molecular formula is C27H31FN6O6. The largest absolute Gasteiger partial charge is 0.435 e. The molecule has 12 nitrogen and oxygen atoms in total. The van der Waals surface area contributed by atoms with Gasteiger partial charge in [0.05, 0.1) is 6.04 Å². The SMILES string of the molecule is Cc1cc(C(=O)N[C@@H](Cc2ccc(F)cc2)C(=O)N[C@@H](C[C@@H]2CCCNC2=O)[C@H]2OC(=O)N(C3CC3)C2=N)no1. The van der Waals surface area contributed by atoms with Crippen LogP contribution in [0.2, 0.25) is 0 Å². The van der Waals surface area contributed by atoms with Crippen LogP contribution >= 0.6 is 0 Å². The van der Waals surface area contributed by atoms with Crippen LogP contribution in [0.1, 0.15) is 53.9 Å². The number of cyclic esters (lactones) is 1. The minimum atomic E-state index is -1.14. The molecule has 2 aliphatic heterocycles. The van der Waals surface area contributed by atoms with Crippen molar-refractivity contribution in [2.24, 2.45) is 5.92 Å². The summed E-state index contributed by atoms with van der Waals surface area (Å²) in [5, 5.41) is 20.7. The van der Waals surface area contributed by atoms with E-state index in [2.05, 4.69) is 21.1 Å². The predicted octanol–water partition coefficient (Wildman–Crippen LogP) is 1.82. The highest BCUT2D eigenvalue weighted by molar-refractivity contribution is 6.03. The number of amides is 4. The van der Waals surface area contributed by atoms with E-state index in [9.17, 15) is 23.6 Å². The minimum absolute atomic E-state index is 0.0153. The van der Waals surface area contributed by atoms with Crippen molar-refractivity contribution in [1.29, 1.82) is 5.41 Å². The van der Waals surface area contributed by atoms with Gasteiger partial charge in [-0.05, 0) is 56.7 Å². The molecule has 2 saturated heterocycles. The van der Waals surface area contributed by atoms with Crippen LogP contribution in [0.3, 0.4) is 0 Å². The van der Waals surface area contributed by atoms with Crippen molar-refractivity contribution in [3.8, 4) is 0 Å². The molecular weight excluding hydrogens is 523 g/mol. The maximum absolute atomic E-state index is 13.7. The van der Waals surface area contributed by atoms with Gasteiger partial charge >= 0.3 is 6.09 Å². The summed E-state index contributed by atoms with van der Waals surface area (Å²) in [6.07, 6.45) is 1.28. The summed E-state index contributed by atoms with van der Waals surface area (Å²) in [5.41, 5.74) is 0.567. The van der Waals surface area contributed by atoms with Gasteiger partial charge in [-0.2, -0.15) is 0 Å². The number of piperidine rings is 1. The number of aromatic nitrogens is 1. The van der Waals surface area contributed by atoms with Gasteiger partial charge < -0.3 is 25.2 Å². The Bertz CT molecular complexity index is 1310. The fourth-order valence-corrected chi connectivity index (χ4v) is 5.09. The molecule has 5 rings (SSSR count). The number of nitrogens with zero attached hydrogens (tertiary/aromatic N) is 2. The van der Waals surface area contributed by atoms with Crippen LogP contribution < -0.4 is 16.0 Å². The van der Waals surface area contributed by atoms with E-state index >= 15 is 0 Å². The Morgan fingerprint density at radius 1 is 1.20 bits per heavy atom. The number of rotatable bonds is 10. The predicted molar refractivity (Wildman–Crippen MR) is 138 cm³/mol. The number of aryl methyl sites for hydroxylation is 1. The van der Waals surface area contributed by atoms with E-state index in [0.717, 1.165) is 19.3 Å². The molecule has 212 valence electrons. The number of carbonyl (C=O) groups excluding carboxylic acids is 4. The second-order valence-electron chi connectivity index (χ2n) is 10.5. The van der Waals surface area contributed by atoms with Crippen molar-refractivity contribution in [1.82, 2.24) is 26.0 Å². The van der Waals surface area contributed by atoms with Gasteiger partial charge in [0.25, 0.3) is 5.91 Å². The molecule has 0 bridgehead atoms. The van der Waals surface area contributed by atoms with Crippen LogP contribution in [-0.2, 0) is 20.7 Å². The van der Waals surface area contributed by atoms with Crippen molar-refractivity contribution in [2.75, 3.05) is 6.54 Å². The van der Waals surface area contributed by atoms with E-state index in [4.69, 9.17) is 14.7 Å². The molecule has 4 amide bonds. The zero-order valence-electron chi connectivity index (χ0n) is 21.9. The summed E-state index contributed by atoms with van der Waals surface area (Å²) in [6, 6.07) is 4.81. The molecule has 3 heterocycles. The maximum Gasteiger partial charge on any atom is 0.416 e. The van der Waals surface area contributed by atoms with Crippen molar-refractivity contribution in [3.05, 3.63) is 53.2 Å². The van der Waals surface area contributed by atoms with E-state index in [1.807, 2.05) is 0 Å². The lowest BCUT2D eigenvalue weighted by molar-refractivity contribution is -0.128. The Kier molecular flexibility index (Phi) is 7.81. The molecule has 4 atom stereocenters. The number of halogens is 1. The lowest BCUT2D eigenvalue weighted by Gasteiger charge is -2.30. The number of amidine groups is 1. The van der Waals surface area contributed by atoms with Gasteiger partial charge in [0, 0.05) is 31.0 Å². The molecule has 1 aromatic heterocycles. The summed E-state index contributed by atoms with van der Waals surface area (Å²) in [7, 11) is 0. The molecule has 2 aromatic rings. The third-order valence-electron chi connectivity index (χ3n) is 7.33. The summed E-state index contributed by atoms with van der Waals surface area (Å²) < 4.78 is 24.0. The molecule has 0 radical (unpaired) electrons. The number of hydrogen-bond donors (Lipinski definition) is 4. The van der Waals surface area contributed by atoms with Gasteiger partial charge in [0.15, 0.2) is 11.8 Å². The molecule has 1 aliphatic carbocycles. The number of ether oxygens (including phenoxy) is 1. The van der Waals surface area contributed by atoms with Crippen LogP contribution in [0.15, 0.2) is 34.9 Å². The average Bonchev–Trinajstić information content (AvgIpc) is 3.58. The Morgan fingerprint density at radius 3 is 2.60 bits per heavy atom. The first-order valence-electron chi connectivity index (χ1n) is 13.3. The number of hydrogen-bond acceptors (Lipinski definition) is 8. The average molecular weight is 555 g/mol. The van der Waals surface area contributed by atoms with Gasteiger partial charge in [0.1, 0.15) is 23.5 Å². The quantitative estimate of drug-likeness (QED) is 0.348. The summed E-state index contributed by atoms with van der Waals surface area (Å²) in [6.45, 7) is 2.19. The van der Waals surface area contributed by atoms with Crippen LogP contribution in [0.4, 0.5) is 9.18 Å². The Morgan fingerprint density at radius 2 is 1.95 bits per heavy atom. The second-order valence-corrected chi connectivity index (χ2v) is 10.5. The van der Waals surface area contributed by atoms with Crippen LogP contribution in [0, 0.1) is 24.1 Å².